The summed E-state index contributed by atoms with van der Waals surface area (Å²) in [7, 11) is 0. The van der Waals surface area contributed by atoms with Gasteiger partial charge in [-0.15, -0.1) is 0 Å². The molecule has 2 aromatic rings. The smallest absolute Gasteiger partial charge is 0.238 e. The Balaban J connectivity index is 1.48. The normalized spacial score (nSPS) is 25.9. The lowest BCUT2D eigenvalue weighted by Crippen LogP contribution is -2.40. The molecule has 1 heterocycles. The van der Waals surface area contributed by atoms with Crippen molar-refractivity contribution in [1.29, 1.82) is 0 Å². The number of fused-ring (bicyclic) bond motifs is 3. The van der Waals surface area contributed by atoms with Gasteiger partial charge < -0.3 is 9.84 Å². The minimum Gasteiger partial charge on any atom is -0.491 e. The van der Waals surface area contributed by atoms with E-state index in [1.165, 1.54) is 11.0 Å². The Morgan fingerprint density at radius 1 is 1.02 bits per heavy atom. The van der Waals surface area contributed by atoms with Crippen LogP contribution in [0.5, 0.6) is 5.75 Å². The molecule has 204 valence electrons. The van der Waals surface area contributed by atoms with E-state index in [-0.39, 0.29) is 43.0 Å². The van der Waals surface area contributed by atoms with Crippen LogP contribution < -0.4 is 9.64 Å². The fourth-order valence-electron chi connectivity index (χ4n) is 6.70. The van der Waals surface area contributed by atoms with E-state index in [4.69, 9.17) is 16.3 Å². The number of hydrogen-bond donors (Lipinski definition) is 1. The van der Waals surface area contributed by atoms with Crippen LogP contribution >= 0.6 is 11.6 Å². The van der Waals surface area contributed by atoms with Gasteiger partial charge in [0.25, 0.3) is 0 Å². The summed E-state index contributed by atoms with van der Waals surface area (Å²) in [6.07, 6.45) is 3.89. The number of anilines is 1. The number of benzene rings is 2. The molecule has 1 fully saturated rings. The number of aliphatic hydroxyl groups excluding tert-OH is 1. The third kappa shape index (κ3) is 3.99. The number of Topliss-reactive ketones (excluding diaryl/α,β-unsaturated/α-hetero) is 1. The average Bonchev–Trinajstić information content (AvgIpc) is 3.20. The number of amides is 2. The summed E-state index contributed by atoms with van der Waals surface area (Å²) in [6, 6.07) is 12.4. The van der Waals surface area contributed by atoms with Crippen molar-refractivity contribution in [3.8, 4) is 5.75 Å². The topological polar surface area (TPSA) is 101 Å². The summed E-state index contributed by atoms with van der Waals surface area (Å²) >= 11 is 6.34. The Morgan fingerprint density at radius 3 is 2.55 bits per heavy atom. The SMILES string of the molecule is CC1=CC(=O)C2=C(C1=O)C(c1ccccc1OCCO)C1=CCC3C(=O)N(c4ccc(C)c(Cl)c4)C(=O)C3C1C2. The van der Waals surface area contributed by atoms with Gasteiger partial charge in [-0.1, -0.05) is 47.5 Å². The number of allylic oxidation sites excluding steroid dienone is 6. The van der Waals surface area contributed by atoms with Crippen LogP contribution in [-0.2, 0) is 19.2 Å². The first kappa shape index (κ1) is 26.4. The Morgan fingerprint density at radius 2 is 1.80 bits per heavy atom. The lowest BCUT2D eigenvalue weighted by atomic mass is 9.59. The number of halogens is 1. The van der Waals surface area contributed by atoms with E-state index in [0.717, 1.165) is 11.1 Å². The summed E-state index contributed by atoms with van der Waals surface area (Å²) in [4.78, 5) is 55.8. The van der Waals surface area contributed by atoms with E-state index in [0.29, 0.717) is 45.2 Å². The molecule has 0 aromatic heterocycles. The van der Waals surface area contributed by atoms with Gasteiger partial charge >= 0.3 is 0 Å². The summed E-state index contributed by atoms with van der Waals surface area (Å²) < 4.78 is 5.86. The fraction of sp³-hybridized carbons (Fsp3) is 0.312. The Bertz CT molecular complexity index is 1580. The predicted octanol–water partition coefficient (Wildman–Crippen LogP) is 4.65. The molecule has 0 bridgehead atoms. The standard InChI is InChI=1S/C32H28ClNO6/c1-16-7-8-18(14-24(16)33)34-31(38)21-10-9-19-22(28(21)32(34)39)15-23-25(36)13-17(2)30(37)29(23)27(19)20-5-3-4-6-26(20)40-12-11-35/h3-9,13-14,21-22,27-28,35H,10-12,15H2,1-2H3. The van der Waals surface area contributed by atoms with Gasteiger partial charge in [0.05, 0.1) is 24.1 Å². The lowest BCUT2D eigenvalue weighted by Gasteiger charge is -2.42. The molecule has 0 saturated carbocycles. The third-order valence-electron chi connectivity index (χ3n) is 8.56. The number of carbonyl (C=O) groups excluding carboxylic acids is 4. The van der Waals surface area contributed by atoms with Crippen LogP contribution in [0, 0.1) is 24.7 Å². The number of rotatable bonds is 5. The molecule has 8 heteroatoms. The van der Waals surface area contributed by atoms with E-state index in [9.17, 15) is 24.3 Å². The Hall–Kier alpha value is -3.81. The van der Waals surface area contributed by atoms with Gasteiger partial charge in [0.15, 0.2) is 11.6 Å². The zero-order valence-corrected chi connectivity index (χ0v) is 22.9. The zero-order valence-electron chi connectivity index (χ0n) is 22.1. The summed E-state index contributed by atoms with van der Waals surface area (Å²) in [5, 5.41) is 9.85. The highest BCUT2D eigenvalue weighted by Gasteiger charge is 2.56. The molecule has 7 nitrogen and oxygen atoms in total. The van der Waals surface area contributed by atoms with Crippen LogP contribution in [0.25, 0.3) is 0 Å². The van der Waals surface area contributed by atoms with Crippen LogP contribution in [0.4, 0.5) is 5.69 Å². The number of imide groups is 1. The molecule has 4 atom stereocenters. The minimum absolute atomic E-state index is 0.0652. The van der Waals surface area contributed by atoms with Crippen molar-refractivity contribution < 1.29 is 29.0 Å². The second kappa shape index (κ2) is 9.98. The molecule has 6 rings (SSSR count). The second-order valence-corrected chi connectivity index (χ2v) is 11.2. The van der Waals surface area contributed by atoms with Gasteiger partial charge in [-0.05, 0) is 62.4 Å². The highest BCUT2D eigenvalue weighted by molar-refractivity contribution is 6.32. The number of aliphatic hydroxyl groups is 1. The molecular weight excluding hydrogens is 530 g/mol. The first-order valence-electron chi connectivity index (χ1n) is 13.4. The van der Waals surface area contributed by atoms with E-state index >= 15 is 0 Å². The third-order valence-corrected chi connectivity index (χ3v) is 8.96. The van der Waals surface area contributed by atoms with E-state index in [2.05, 4.69) is 0 Å². The average molecular weight is 558 g/mol. The number of nitrogens with zero attached hydrogens (tertiary/aromatic N) is 1. The van der Waals surface area contributed by atoms with Crippen LogP contribution in [0.15, 0.2) is 76.9 Å². The highest BCUT2D eigenvalue weighted by atomic mass is 35.5. The molecule has 4 unspecified atom stereocenters. The molecule has 3 aliphatic carbocycles. The highest BCUT2D eigenvalue weighted by Crippen LogP contribution is 2.56. The first-order chi connectivity index (χ1) is 19.2. The van der Waals surface area contributed by atoms with Crippen molar-refractivity contribution in [3.05, 3.63) is 93.1 Å². The van der Waals surface area contributed by atoms with Crippen molar-refractivity contribution >= 4 is 40.7 Å². The molecule has 0 radical (unpaired) electrons. The monoisotopic (exact) mass is 557 g/mol. The van der Waals surface area contributed by atoms with Gasteiger partial charge in [-0.3, -0.25) is 19.2 Å². The van der Waals surface area contributed by atoms with Crippen molar-refractivity contribution in [1.82, 2.24) is 0 Å². The molecule has 4 aliphatic rings. The second-order valence-electron chi connectivity index (χ2n) is 10.8. The molecule has 0 spiro atoms. The molecule has 1 saturated heterocycles. The summed E-state index contributed by atoms with van der Waals surface area (Å²) in [5.41, 5.74) is 3.96. The number of carbonyl (C=O) groups is 4. The lowest BCUT2D eigenvalue weighted by molar-refractivity contribution is -0.123. The maximum Gasteiger partial charge on any atom is 0.238 e. The minimum atomic E-state index is -0.676. The first-order valence-corrected chi connectivity index (χ1v) is 13.8. The Labute approximate surface area is 236 Å². The van der Waals surface area contributed by atoms with Gasteiger partial charge in [0.2, 0.25) is 11.8 Å². The van der Waals surface area contributed by atoms with Crippen LogP contribution in [0.2, 0.25) is 5.02 Å². The molecule has 2 aromatic carbocycles. The Kier molecular flexibility index (Phi) is 6.59. The van der Waals surface area contributed by atoms with Gasteiger partial charge in [-0.2, -0.15) is 0 Å². The molecule has 40 heavy (non-hydrogen) atoms. The maximum atomic E-state index is 14.0. The number of para-hydroxylation sites is 1. The molecule has 1 N–H and O–H groups in total. The van der Waals surface area contributed by atoms with Crippen molar-refractivity contribution in [2.45, 2.75) is 32.6 Å². The van der Waals surface area contributed by atoms with Crippen LogP contribution in [0.1, 0.15) is 36.8 Å². The maximum absolute atomic E-state index is 14.0. The van der Waals surface area contributed by atoms with Gasteiger partial charge in [-0.25, -0.2) is 4.90 Å². The largest absolute Gasteiger partial charge is 0.491 e. The number of hydrogen-bond acceptors (Lipinski definition) is 6. The number of ketones is 2. The van der Waals surface area contributed by atoms with Gasteiger partial charge in [0.1, 0.15) is 12.4 Å². The molecule has 2 amide bonds. The zero-order chi connectivity index (χ0) is 28.3. The number of ether oxygens (including phenoxy) is 1. The predicted molar refractivity (Wildman–Crippen MR) is 149 cm³/mol. The van der Waals surface area contributed by atoms with E-state index in [1.807, 2.05) is 25.1 Å². The summed E-state index contributed by atoms with van der Waals surface area (Å²) in [6.45, 7) is 3.37. The van der Waals surface area contributed by atoms with Gasteiger partial charge in [0, 0.05) is 33.2 Å². The number of aryl methyl sites for hydroxylation is 1. The molecular formula is C32H28ClNO6. The van der Waals surface area contributed by atoms with Crippen molar-refractivity contribution in [3.63, 3.8) is 0 Å². The van der Waals surface area contributed by atoms with Crippen LogP contribution in [-0.4, -0.2) is 41.7 Å². The van der Waals surface area contributed by atoms with Crippen LogP contribution in [0.3, 0.4) is 0 Å². The fourth-order valence-corrected chi connectivity index (χ4v) is 6.87. The summed E-state index contributed by atoms with van der Waals surface area (Å²) in [5.74, 6) is -2.87. The van der Waals surface area contributed by atoms with E-state index < -0.39 is 23.7 Å². The van der Waals surface area contributed by atoms with Crippen molar-refractivity contribution in [2.24, 2.45) is 17.8 Å². The quantitative estimate of drug-likeness (QED) is 0.326. The van der Waals surface area contributed by atoms with Crippen molar-refractivity contribution in [2.75, 3.05) is 18.1 Å². The molecule has 1 aliphatic heterocycles. The van der Waals surface area contributed by atoms with E-state index in [1.54, 1.807) is 37.3 Å².